The highest BCUT2D eigenvalue weighted by atomic mass is 16.6. The van der Waals surface area contributed by atoms with Gasteiger partial charge in [-0.25, -0.2) is 0 Å². The van der Waals surface area contributed by atoms with E-state index in [1.165, 1.54) is 0 Å². The van der Waals surface area contributed by atoms with E-state index in [9.17, 15) is 0 Å². The second kappa shape index (κ2) is 5.07. The first-order valence-electron chi connectivity index (χ1n) is 5.65. The molecule has 4 nitrogen and oxygen atoms in total. The van der Waals surface area contributed by atoms with Crippen LogP contribution in [-0.2, 0) is 6.42 Å². The van der Waals surface area contributed by atoms with Crippen LogP contribution in [0.1, 0.15) is 5.56 Å². The van der Waals surface area contributed by atoms with E-state index < -0.39 is 0 Å². The zero-order valence-electron chi connectivity index (χ0n) is 10.1. The van der Waals surface area contributed by atoms with Crippen LogP contribution in [-0.4, -0.2) is 38.3 Å². The van der Waals surface area contributed by atoms with Gasteiger partial charge >= 0.3 is 0 Å². The molecule has 1 aliphatic rings. The van der Waals surface area contributed by atoms with E-state index in [4.69, 9.17) is 14.7 Å². The average molecular weight is 232 g/mol. The second-order valence-electron chi connectivity index (χ2n) is 4.29. The Kier molecular flexibility index (Phi) is 3.50. The van der Waals surface area contributed by atoms with Crippen LogP contribution in [0.5, 0.6) is 11.5 Å². The van der Waals surface area contributed by atoms with E-state index in [-0.39, 0.29) is 6.04 Å². The van der Waals surface area contributed by atoms with Gasteiger partial charge in [-0.2, -0.15) is 5.26 Å². The molecular formula is C13H16N2O2. The molecule has 1 aromatic rings. The lowest BCUT2D eigenvalue weighted by Crippen LogP contribution is -2.28. The minimum atomic E-state index is -0.113. The molecule has 0 amide bonds. The van der Waals surface area contributed by atoms with Crippen LogP contribution >= 0.6 is 0 Å². The van der Waals surface area contributed by atoms with Gasteiger partial charge in [-0.15, -0.1) is 0 Å². The van der Waals surface area contributed by atoms with Crippen molar-refractivity contribution >= 4 is 0 Å². The minimum absolute atomic E-state index is 0.113. The molecule has 0 saturated carbocycles. The van der Waals surface area contributed by atoms with Crippen molar-refractivity contribution in [2.45, 2.75) is 12.5 Å². The fraction of sp³-hybridized carbons (Fsp3) is 0.462. The normalized spacial score (nSPS) is 15.4. The van der Waals surface area contributed by atoms with Crippen LogP contribution < -0.4 is 9.47 Å². The van der Waals surface area contributed by atoms with E-state index in [1.807, 2.05) is 37.2 Å². The fourth-order valence-electron chi connectivity index (χ4n) is 1.78. The molecule has 0 N–H and O–H groups in total. The van der Waals surface area contributed by atoms with E-state index in [0.29, 0.717) is 19.6 Å². The molecule has 17 heavy (non-hydrogen) atoms. The van der Waals surface area contributed by atoms with Crippen LogP contribution in [0, 0.1) is 11.3 Å². The maximum atomic E-state index is 9.05. The molecule has 1 aromatic carbocycles. The summed E-state index contributed by atoms with van der Waals surface area (Å²) in [5.41, 5.74) is 1.09. The Hall–Kier alpha value is -1.73. The molecule has 4 heteroatoms. The van der Waals surface area contributed by atoms with Crippen molar-refractivity contribution in [1.29, 1.82) is 5.26 Å². The Bertz CT molecular complexity index is 438. The summed E-state index contributed by atoms with van der Waals surface area (Å²) in [6, 6.07) is 8.03. The molecule has 1 unspecified atom stereocenters. The Morgan fingerprint density at radius 3 is 2.65 bits per heavy atom. The van der Waals surface area contributed by atoms with E-state index in [2.05, 4.69) is 6.07 Å². The number of ether oxygens (including phenoxy) is 2. The molecule has 0 bridgehead atoms. The Morgan fingerprint density at radius 1 is 1.29 bits per heavy atom. The molecule has 1 aliphatic heterocycles. The summed E-state index contributed by atoms with van der Waals surface area (Å²) in [7, 11) is 3.82. The molecule has 0 saturated heterocycles. The van der Waals surface area contributed by atoms with Crippen molar-refractivity contribution in [2.75, 3.05) is 27.3 Å². The molecule has 0 fully saturated rings. The molecule has 90 valence electrons. The number of hydrogen-bond donors (Lipinski definition) is 0. The van der Waals surface area contributed by atoms with Crippen LogP contribution in [0.4, 0.5) is 0 Å². The van der Waals surface area contributed by atoms with Crippen molar-refractivity contribution in [1.82, 2.24) is 4.90 Å². The quantitative estimate of drug-likeness (QED) is 0.791. The lowest BCUT2D eigenvalue weighted by atomic mass is 10.1. The van der Waals surface area contributed by atoms with E-state index in [0.717, 1.165) is 17.1 Å². The molecule has 0 aliphatic carbocycles. The van der Waals surface area contributed by atoms with Crippen molar-refractivity contribution in [3.8, 4) is 17.6 Å². The van der Waals surface area contributed by atoms with Gasteiger partial charge in [0.15, 0.2) is 11.5 Å². The monoisotopic (exact) mass is 232 g/mol. The summed E-state index contributed by atoms with van der Waals surface area (Å²) in [4.78, 5) is 1.91. The van der Waals surface area contributed by atoms with Gasteiger partial charge in [0.1, 0.15) is 19.3 Å². The summed E-state index contributed by atoms with van der Waals surface area (Å²) in [5, 5.41) is 9.05. The maximum Gasteiger partial charge on any atom is 0.161 e. The lowest BCUT2D eigenvalue weighted by Gasteiger charge is -2.21. The third-order valence-corrected chi connectivity index (χ3v) is 2.81. The second-order valence-corrected chi connectivity index (χ2v) is 4.29. The van der Waals surface area contributed by atoms with Gasteiger partial charge in [0.05, 0.1) is 6.07 Å². The summed E-state index contributed by atoms with van der Waals surface area (Å²) in [5.74, 6) is 1.57. The third-order valence-electron chi connectivity index (χ3n) is 2.81. The topological polar surface area (TPSA) is 45.5 Å². The number of nitrogens with zero attached hydrogens (tertiary/aromatic N) is 2. The SMILES string of the molecule is CN(C)C(C#N)Cc1ccc2c(c1)OCCO2. The smallest absolute Gasteiger partial charge is 0.161 e. The highest BCUT2D eigenvalue weighted by Crippen LogP contribution is 2.31. The number of benzene rings is 1. The van der Waals surface area contributed by atoms with Crippen LogP contribution in [0.2, 0.25) is 0 Å². The van der Waals surface area contributed by atoms with Gasteiger partial charge in [-0.1, -0.05) is 6.07 Å². The Morgan fingerprint density at radius 2 is 2.00 bits per heavy atom. The number of fused-ring (bicyclic) bond motifs is 1. The average Bonchev–Trinajstić information content (AvgIpc) is 2.35. The molecule has 2 rings (SSSR count). The zero-order valence-corrected chi connectivity index (χ0v) is 10.1. The molecule has 0 radical (unpaired) electrons. The summed E-state index contributed by atoms with van der Waals surface area (Å²) in [6.07, 6.45) is 0.695. The van der Waals surface area contributed by atoms with Crippen molar-refractivity contribution in [2.24, 2.45) is 0 Å². The summed E-state index contributed by atoms with van der Waals surface area (Å²) >= 11 is 0. The van der Waals surface area contributed by atoms with Crippen LogP contribution in [0.25, 0.3) is 0 Å². The number of likely N-dealkylation sites (N-methyl/N-ethyl adjacent to an activating group) is 1. The molecular weight excluding hydrogens is 216 g/mol. The minimum Gasteiger partial charge on any atom is -0.486 e. The summed E-state index contributed by atoms with van der Waals surface area (Å²) in [6.45, 7) is 1.19. The Labute approximate surface area is 101 Å². The molecule has 0 spiro atoms. The standard InChI is InChI=1S/C13H16N2O2/c1-15(2)11(9-14)7-10-3-4-12-13(8-10)17-6-5-16-12/h3-4,8,11H,5-7H2,1-2H3. The largest absolute Gasteiger partial charge is 0.486 e. The summed E-state index contributed by atoms with van der Waals surface area (Å²) < 4.78 is 11.0. The molecule has 1 atom stereocenters. The molecule has 1 heterocycles. The van der Waals surface area contributed by atoms with Gasteiger partial charge < -0.3 is 9.47 Å². The molecule has 0 aromatic heterocycles. The lowest BCUT2D eigenvalue weighted by molar-refractivity contribution is 0.171. The zero-order chi connectivity index (χ0) is 12.3. The van der Waals surface area contributed by atoms with Gasteiger partial charge in [0, 0.05) is 6.42 Å². The highest BCUT2D eigenvalue weighted by Gasteiger charge is 2.15. The maximum absolute atomic E-state index is 9.05. The van der Waals surface area contributed by atoms with Gasteiger partial charge in [0.2, 0.25) is 0 Å². The van der Waals surface area contributed by atoms with Gasteiger partial charge in [0.25, 0.3) is 0 Å². The first-order valence-corrected chi connectivity index (χ1v) is 5.65. The first-order chi connectivity index (χ1) is 8.20. The number of nitriles is 1. The van der Waals surface area contributed by atoms with Crippen molar-refractivity contribution in [3.63, 3.8) is 0 Å². The van der Waals surface area contributed by atoms with E-state index in [1.54, 1.807) is 0 Å². The van der Waals surface area contributed by atoms with Gasteiger partial charge in [-0.05, 0) is 31.8 Å². The van der Waals surface area contributed by atoms with Crippen molar-refractivity contribution < 1.29 is 9.47 Å². The van der Waals surface area contributed by atoms with Crippen LogP contribution in [0.3, 0.4) is 0 Å². The third kappa shape index (κ3) is 2.69. The van der Waals surface area contributed by atoms with E-state index >= 15 is 0 Å². The highest BCUT2D eigenvalue weighted by molar-refractivity contribution is 5.44. The fourth-order valence-corrected chi connectivity index (χ4v) is 1.78. The van der Waals surface area contributed by atoms with Crippen LogP contribution in [0.15, 0.2) is 18.2 Å². The first kappa shape index (κ1) is 11.7. The van der Waals surface area contributed by atoms with Crippen molar-refractivity contribution in [3.05, 3.63) is 23.8 Å². The number of rotatable bonds is 3. The predicted octanol–water partition coefficient (Wildman–Crippen LogP) is 1.45. The van der Waals surface area contributed by atoms with Gasteiger partial charge in [-0.3, -0.25) is 4.90 Å². The predicted molar refractivity (Wildman–Crippen MR) is 64.2 cm³/mol. The Balaban J connectivity index is 2.14. The number of hydrogen-bond acceptors (Lipinski definition) is 4.